The second kappa shape index (κ2) is 13.2. The van der Waals surface area contributed by atoms with Crippen LogP contribution in [-0.2, 0) is 9.53 Å². The lowest BCUT2D eigenvalue weighted by Gasteiger charge is -2.20. The quantitative estimate of drug-likeness (QED) is 0.245. The topological polar surface area (TPSA) is 147 Å². The molecule has 0 aliphatic rings. The van der Waals surface area contributed by atoms with Gasteiger partial charge in [0, 0.05) is 17.7 Å². The molecule has 0 radical (unpaired) electrons. The van der Waals surface area contributed by atoms with Crippen LogP contribution in [0.25, 0.3) is 0 Å². The van der Waals surface area contributed by atoms with Crippen molar-refractivity contribution < 1.29 is 24.2 Å². The van der Waals surface area contributed by atoms with Crippen LogP contribution in [0.4, 0.5) is 21.9 Å². The molecule has 0 saturated carbocycles. The standard InChI is InChI=1S/C27H26N4O5/c28-18-19-12-14-20(15-13-19)30-27(34)36-25(21-6-1-4-9-24(21)35-17-16-32)10-5-11-26(33)31-23-8-3-2-7-22(23)29/h1-9,11-15,25,32H,10,16-17,29H2,(H,30,34)(H,31,33)/b11-5+/t25-/m1/s1. The number of aliphatic hydroxyl groups excluding tert-OH is 1. The number of hydrogen-bond acceptors (Lipinski definition) is 7. The number of nitrogens with one attached hydrogen (secondary N) is 2. The molecule has 0 heterocycles. The molecule has 0 spiro atoms. The number of benzene rings is 3. The Morgan fingerprint density at radius 3 is 2.47 bits per heavy atom. The average molecular weight is 487 g/mol. The van der Waals surface area contributed by atoms with E-state index in [-0.39, 0.29) is 19.6 Å². The second-order valence-electron chi connectivity index (χ2n) is 7.53. The van der Waals surface area contributed by atoms with Gasteiger partial charge in [-0.15, -0.1) is 0 Å². The van der Waals surface area contributed by atoms with E-state index in [4.69, 9.17) is 25.6 Å². The maximum atomic E-state index is 12.7. The summed E-state index contributed by atoms with van der Waals surface area (Å²) in [7, 11) is 0. The highest BCUT2D eigenvalue weighted by atomic mass is 16.6. The highest BCUT2D eigenvalue weighted by molar-refractivity contribution is 6.01. The van der Waals surface area contributed by atoms with Crippen molar-refractivity contribution in [1.82, 2.24) is 0 Å². The molecule has 0 bridgehead atoms. The molecule has 3 aromatic rings. The highest BCUT2D eigenvalue weighted by Gasteiger charge is 2.20. The number of para-hydroxylation sites is 3. The van der Waals surface area contributed by atoms with Crippen LogP contribution in [0.2, 0.25) is 0 Å². The van der Waals surface area contributed by atoms with Gasteiger partial charge in [0.15, 0.2) is 0 Å². The summed E-state index contributed by atoms with van der Waals surface area (Å²) in [6.07, 6.45) is 1.55. The Morgan fingerprint density at radius 2 is 1.75 bits per heavy atom. The fourth-order valence-electron chi connectivity index (χ4n) is 3.26. The maximum Gasteiger partial charge on any atom is 0.412 e. The monoisotopic (exact) mass is 486 g/mol. The van der Waals surface area contributed by atoms with E-state index in [1.165, 1.54) is 6.08 Å². The summed E-state index contributed by atoms with van der Waals surface area (Å²) >= 11 is 0. The van der Waals surface area contributed by atoms with Crippen molar-refractivity contribution in [3.8, 4) is 11.8 Å². The molecular formula is C27H26N4O5. The van der Waals surface area contributed by atoms with E-state index in [9.17, 15) is 9.59 Å². The number of carbonyl (C=O) groups is 2. The van der Waals surface area contributed by atoms with Crippen molar-refractivity contribution in [3.63, 3.8) is 0 Å². The third-order valence-electron chi connectivity index (χ3n) is 4.96. The summed E-state index contributed by atoms with van der Waals surface area (Å²) in [6.45, 7) is -0.111. The molecule has 0 aliphatic heterocycles. The molecule has 0 aromatic heterocycles. The third-order valence-corrected chi connectivity index (χ3v) is 4.96. The number of aliphatic hydroxyl groups is 1. The minimum Gasteiger partial charge on any atom is -0.491 e. The summed E-state index contributed by atoms with van der Waals surface area (Å²) < 4.78 is 11.3. The van der Waals surface area contributed by atoms with Gasteiger partial charge in [0.2, 0.25) is 5.91 Å². The van der Waals surface area contributed by atoms with Gasteiger partial charge in [-0.3, -0.25) is 10.1 Å². The van der Waals surface area contributed by atoms with Gasteiger partial charge in [0.05, 0.1) is 29.6 Å². The van der Waals surface area contributed by atoms with Gasteiger partial charge < -0.3 is 25.6 Å². The predicted octanol–water partition coefficient (Wildman–Crippen LogP) is 4.39. The van der Waals surface area contributed by atoms with Crippen LogP contribution < -0.4 is 21.1 Å². The predicted molar refractivity (Wildman–Crippen MR) is 136 cm³/mol. The number of ether oxygens (including phenoxy) is 2. The zero-order valence-corrected chi connectivity index (χ0v) is 19.4. The van der Waals surface area contributed by atoms with Crippen molar-refractivity contribution >= 4 is 29.1 Å². The molecule has 0 aliphatic carbocycles. The van der Waals surface area contributed by atoms with Crippen molar-refractivity contribution in [1.29, 1.82) is 5.26 Å². The number of rotatable bonds is 10. The van der Waals surface area contributed by atoms with E-state index in [1.807, 2.05) is 6.07 Å². The van der Waals surface area contributed by atoms with E-state index in [0.717, 1.165) is 0 Å². The SMILES string of the molecule is N#Cc1ccc(NC(=O)O[C@H](C/C=C/C(=O)Nc2ccccc2N)c2ccccc2OCCO)cc1. The zero-order chi connectivity index (χ0) is 25.8. The van der Waals surface area contributed by atoms with Crippen LogP contribution in [0, 0.1) is 11.3 Å². The van der Waals surface area contributed by atoms with Gasteiger partial charge in [-0.2, -0.15) is 5.26 Å². The van der Waals surface area contributed by atoms with Crippen molar-refractivity contribution in [2.75, 3.05) is 29.6 Å². The van der Waals surface area contributed by atoms with E-state index in [2.05, 4.69) is 10.6 Å². The minimum absolute atomic E-state index is 0.0674. The zero-order valence-electron chi connectivity index (χ0n) is 19.4. The summed E-state index contributed by atoms with van der Waals surface area (Å²) in [5.41, 5.74) is 8.28. The number of amides is 2. The summed E-state index contributed by atoms with van der Waals surface area (Å²) in [4.78, 5) is 25.0. The van der Waals surface area contributed by atoms with E-state index < -0.39 is 18.1 Å². The molecule has 9 nitrogen and oxygen atoms in total. The number of nitriles is 1. The number of hydrogen-bond donors (Lipinski definition) is 4. The van der Waals surface area contributed by atoms with E-state index in [0.29, 0.717) is 33.9 Å². The first-order chi connectivity index (χ1) is 17.5. The Balaban J connectivity index is 1.74. The first kappa shape index (κ1) is 25.8. The molecule has 3 aromatic carbocycles. The molecule has 9 heteroatoms. The molecule has 5 N–H and O–H groups in total. The van der Waals surface area contributed by atoms with Crippen LogP contribution >= 0.6 is 0 Å². The Kier molecular flexibility index (Phi) is 9.44. The van der Waals surface area contributed by atoms with E-state index >= 15 is 0 Å². The van der Waals surface area contributed by atoms with Crippen LogP contribution in [0.1, 0.15) is 23.7 Å². The number of nitrogens with zero attached hydrogens (tertiary/aromatic N) is 1. The third kappa shape index (κ3) is 7.62. The number of nitrogen functional groups attached to an aromatic ring is 1. The fourth-order valence-corrected chi connectivity index (χ4v) is 3.26. The van der Waals surface area contributed by atoms with Gasteiger partial charge in [-0.1, -0.05) is 36.4 Å². The number of carbonyl (C=O) groups excluding carboxylic acids is 2. The number of anilines is 3. The van der Waals surface area contributed by atoms with Gasteiger partial charge in [0.25, 0.3) is 0 Å². The normalized spacial score (nSPS) is 11.3. The molecular weight excluding hydrogens is 460 g/mol. The lowest BCUT2D eigenvalue weighted by atomic mass is 10.0. The Labute approximate surface area is 208 Å². The molecule has 184 valence electrons. The molecule has 0 saturated heterocycles. The minimum atomic E-state index is -0.802. The average Bonchev–Trinajstić information content (AvgIpc) is 2.89. The smallest absolute Gasteiger partial charge is 0.412 e. The Hall–Kier alpha value is -4.81. The van der Waals surface area contributed by atoms with Crippen LogP contribution in [0.15, 0.2) is 84.9 Å². The van der Waals surface area contributed by atoms with Gasteiger partial charge in [-0.25, -0.2) is 4.79 Å². The molecule has 2 amide bonds. The lowest BCUT2D eigenvalue weighted by Crippen LogP contribution is -2.18. The molecule has 0 unspecified atom stereocenters. The fraction of sp³-hybridized carbons (Fsp3) is 0.148. The summed E-state index contributed by atoms with van der Waals surface area (Å²) in [5, 5.41) is 23.4. The first-order valence-electron chi connectivity index (χ1n) is 11.1. The van der Waals surface area contributed by atoms with Gasteiger partial charge >= 0.3 is 6.09 Å². The number of nitrogens with two attached hydrogens (primary N) is 1. The Morgan fingerprint density at radius 1 is 1.03 bits per heavy atom. The second-order valence-corrected chi connectivity index (χ2v) is 7.53. The van der Waals surface area contributed by atoms with Crippen molar-refractivity contribution in [2.45, 2.75) is 12.5 Å². The first-order valence-corrected chi connectivity index (χ1v) is 11.1. The maximum absolute atomic E-state index is 12.7. The van der Waals surface area contributed by atoms with Crippen LogP contribution in [0.5, 0.6) is 5.75 Å². The molecule has 3 rings (SSSR count). The van der Waals surface area contributed by atoms with Gasteiger partial charge in [-0.05, 0) is 48.5 Å². The summed E-state index contributed by atoms with van der Waals surface area (Å²) in [6, 6.07) is 22.2. The van der Waals surface area contributed by atoms with Crippen molar-refractivity contribution in [3.05, 3.63) is 96.1 Å². The lowest BCUT2D eigenvalue weighted by molar-refractivity contribution is -0.111. The van der Waals surface area contributed by atoms with Crippen LogP contribution in [-0.4, -0.2) is 30.3 Å². The summed E-state index contributed by atoms with van der Waals surface area (Å²) in [5.74, 6) is 0.0520. The van der Waals surface area contributed by atoms with Crippen molar-refractivity contribution in [2.24, 2.45) is 0 Å². The van der Waals surface area contributed by atoms with Gasteiger partial charge in [0.1, 0.15) is 18.5 Å². The molecule has 0 fully saturated rings. The highest BCUT2D eigenvalue weighted by Crippen LogP contribution is 2.31. The Bertz CT molecular complexity index is 1250. The van der Waals surface area contributed by atoms with E-state index in [1.54, 1.807) is 78.9 Å². The molecule has 36 heavy (non-hydrogen) atoms. The molecule has 1 atom stereocenters. The largest absolute Gasteiger partial charge is 0.491 e. The van der Waals surface area contributed by atoms with Crippen LogP contribution in [0.3, 0.4) is 0 Å².